The standard InChI is InChI=1S/C14H12N5O2/c1-17-12-13(16-7-6-15-12)18-8-9-4-3-5-10(14(20)21-2)11(9)19(17)18/h3-8H,1-2H3/q+1. The fourth-order valence-electron chi connectivity index (χ4n) is 2.71. The van der Waals surface area contributed by atoms with Crippen molar-refractivity contribution < 1.29 is 14.0 Å². The molecule has 7 heteroatoms. The molecule has 0 atom stereocenters. The molecule has 0 bridgehead atoms. The number of hydrogen-bond acceptors (Lipinski definition) is 4. The normalized spacial score (nSPS) is 11.5. The van der Waals surface area contributed by atoms with Gasteiger partial charge < -0.3 is 4.74 Å². The Hall–Kier alpha value is -2.96. The molecule has 21 heavy (non-hydrogen) atoms. The van der Waals surface area contributed by atoms with Crippen LogP contribution in [0.1, 0.15) is 10.4 Å². The lowest BCUT2D eigenvalue weighted by molar-refractivity contribution is -0.594. The van der Waals surface area contributed by atoms with Crippen LogP contribution in [0.5, 0.6) is 0 Å². The van der Waals surface area contributed by atoms with Crippen molar-refractivity contribution in [1.29, 1.82) is 0 Å². The van der Waals surface area contributed by atoms with Gasteiger partial charge in [0.15, 0.2) is 0 Å². The van der Waals surface area contributed by atoms with Gasteiger partial charge in [-0.15, -0.1) is 9.50 Å². The minimum absolute atomic E-state index is 0.368. The first-order valence-corrected chi connectivity index (χ1v) is 6.42. The lowest BCUT2D eigenvalue weighted by Crippen LogP contribution is -2.27. The number of aryl methyl sites for hydroxylation is 1. The molecule has 0 aliphatic heterocycles. The fraction of sp³-hybridized carbons (Fsp3) is 0.143. The maximum Gasteiger partial charge on any atom is 0.346 e. The summed E-state index contributed by atoms with van der Waals surface area (Å²) in [5.74, 6) is -0.368. The molecule has 3 aromatic heterocycles. The van der Waals surface area contributed by atoms with Crippen molar-refractivity contribution in [2.24, 2.45) is 7.05 Å². The van der Waals surface area contributed by atoms with E-state index in [4.69, 9.17) is 4.74 Å². The molecule has 0 amide bonds. The van der Waals surface area contributed by atoms with E-state index in [-0.39, 0.29) is 5.97 Å². The van der Waals surface area contributed by atoms with Gasteiger partial charge in [0.25, 0.3) is 5.65 Å². The van der Waals surface area contributed by atoms with E-state index in [1.54, 1.807) is 18.5 Å². The zero-order valence-corrected chi connectivity index (χ0v) is 11.5. The number of nitrogens with zero attached hydrogens (tertiary/aromatic N) is 5. The van der Waals surface area contributed by atoms with Crippen molar-refractivity contribution in [1.82, 2.24) is 19.3 Å². The SMILES string of the molecule is COC(=O)c1cccc2c[n+]3c4nccnc4n(C)n3c12. The molecule has 0 N–H and O–H groups in total. The molecule has 4 rings (SSSR count). The smallest absolute Gasteiger partial charge is 0.346 e. The van der Waals surface area contributed by atoms with E-state index in [0.717, 1.165) is 22.2 Å². The molecule has 4 aromatic rings. The number of aromatic nitrogens is 5. The zero-order chi connectivity index (χ0) is 14.6. The van der Waals surface area contributed by atoms with Gasteiger partial charge in [0, 0.05) is 5.39 Å². The average molecular weight is 282 g/mol. The van der Waals surface area contributed by atoms with Gasteiger partial charge in [-0.25, -0.2) is 9.78 Å². The van der Waals surface area contributed by atoms with Gasteiger partial charge in [0.05, 0.1) is 25.9 Å². The van der Waals surface area contributed by atoms with Crippen LogP contribution in [0.15, 0.2) is 36.8 Å². The van der Waals surface area contributed by atoms with Crippen molar-refractivity contribution in [3.8, 4) is 0 Å². The summed E-state index contributed by atoms with van der Waals surface area (Å²) in [6, 6.07) is 5.53. The molecule has 0 aliphatic rings. The predicted octanol–water partition coefficient (Wildman–Crippen LogP) is 0.746. The largest absolute Gasteiger partial charge is 0.465 e. The van der Waals surface area contributed by atoms with Crippen molar-refractivity contribution in [2.45, 2.75) is 0 Å². The number of benzene rings is 1. The second kappa shape index (κ2) is 4.02. The molecule has 0 aliphatic carbocycles. The highest BCUT2D eigenvalue weighted by molar-refractivity contribution is 6.02. The second-order valence-corrected chi connectivity index (χ2v) is 4.73. The molecular weight excluding hydrogens is 270 g/mol. The summed E-state index contributed by atoms with van der Waals surface area (Å²) in [4.78, 5) is 20.7. The molecule has 1 aromatic carbocycles. The number of ether oxygens (including phenoxy) is 1. The van der Waals surface area contributed by atoms with E-state index in [1.807, 2.05) is 39.2 Å². The molecule has 0 spiro atoms. The van der Waals surface area contributed by atoms with Crippen LogP contribution in [0.2, 0.25) is 0 Å². The summed E-state index contributed by atoms with van der Waals surface area (Å²) in [5.41, 5.74) is 2.74. The quantitative estimate of drug-likeness (QED) is 0.381. The number of esters is 1. The van der Waals surface area contributed by atoms with E-state index < -0.39 is 0 Å². The number of fused-ring (bicyclic) bond motifs is 5. The van der Waals surface area contributed by atoms with Gasteiger partial charge in [0.1, 0.15) is 17.9 Å². The molecule has 0 radical (unpaired) electrons. The highest BCUT2D eigenvalue weighted by Crippen LogP contribution is 2.19. The monoisotopic (exact) mass is 282 g/mol. The summed E-state index contributed by atoms with van der Waals surface area (Å²) in [6.45, 7) is 0. The predicted molar refractivity (Wildman–Crippen MR) is 74.0 cm³/mol. The van der Waals surface area contributed by atoms with Crippen LogP contribution in [-0.2, 0) is 11.8 Å². The summed E-state index contributed by atoms with van der Waals surface area (Å²) in [7, 11) is 3.26. The zero-order valence-electron chi connectivity index (χ0n) is 11.5. The number of methoxy groups -OCH3 is 1. The highest BCUT2D eigenvalue weighted by Gasteiger charge is 2.24. The topological polar surface area (TPSA) is 65.5 Å². The Labute approximate surface area is 119 Å². The maximum absolute atomic E-state index is 12.0. The van der Waals surface area contributed by atoms with Crippen molar-refractivity contribution in [2.75, 3.05) is 7.11 Å². The van der Waals surface area contributed by atoms with Gasteiger partial charge in [0.2, 0.25) is 0 Å². The summed E-state index contributed by atoms with van der Waals surface area (Å²) >= 11 is 0. The van der Waals surface area contributed by atoms with Gasteiger partial charge in [-0.3, -0.25) is 0 Å². The first-order valence-electron chi connectivity index (χ1n) is 6.42. The molecule has 0 saturated carbocycles. The van der Waals surface area contributed by atoms with Crippen molar-refractivity contribution >= 4 is 28.2 Å². The number of hydrogen-bond donors (Lipinski definition) is 0. The van der Waals surface area contributed by atoms with E-state index in [9.17, 15) is 4.79 Å². The molecule has 0 saturated heterocycles. The first-order chi connectivity index (χ1) is 10.2. The van der Waals surface area contributed by atoms with E-state index in [0.29, 0.717) is 5.56 Å². The Morgan fingerprint density at radius 1 is 1.29 bits per heavy atom. The number of carbonyl (C=O) groups is 1. The second-order valence-electron chi connectivity index (χ2n) is 4.73. The van der Waals surface area contributed by atoms with Crippen LogP contribution in [0.4, 0.5) is 0 Å². The van der Waals surface area contributed by atoms with Gasteiger partial charge in [-0.05, 0) is 12.1 Å². The Bertz CT molecular complexity index is 1010. The fourth-order valence-corrected chi connectivity index (χ4v) is 2.71. The Balaban J connectivity index is 2.27. The first kappa shape index (κ1) is 11.8. The third-order valence-corrected chi connectivity index (χ3v) is 3.61. The molecule has 3 heterocycles. The molecule has 0 fully saturated rings. The lowest BCUT2D eigenvalue weighted by atomic mass is 10.1. The minimum Gasteiger partial charge on any atom is -0.465 e. The van der Waals surface area contributed by atoms with Gasteiger partial charge >= 0.3 is 11.6 Å². The van der Waals surface area contributed by atoms with E-state index >= 15 is 0 Å². The van der Waals surface area contributed by atoms with Crippen LogP contribution in [-0.4, -0.2) is 32.4 Å². The Morgan fingerprint density at radius 2 is 2.10 bits per heavy atom. The van der Waals surface area contributed by atoms with Gasteiger partial charge in [-0.1, -0.05) is 10.7 Å². The third-order valence-electron chi connectivity index (χ3n) is 3.61. The number of rotatable bonds is 1. The lowest BCUT2D eigenvalue weighted by Gasteiger charge is -2.01. The Kier molecular flexibility index (Phi) is 2.26. The molecule has 104 valence electrons. The van der Waals surface area contributed by atoms with E-state index in [2.05, 4.69) is 9.97 Å². The number of carbonyl (C=O) groups excluding carboxylic acids is 1. The molecule has 7 nitrogen and oxygen atoms in total. The number of para-hydroxylation sites is 1. The van der Waals surface area contributed by atoms with Crippen LogP contribution >= 0.6 is 0 Å². The van der Waals surface area contributed by atoms with E-state index in [1.165, 1.54) is 7.11 Å². The summed E-state index contributed by atoms with van der Waals surface area (Å²) in [6.07, 6.45) is 5.22. The van der Waals surface area contributed by atoms with Crippen LogP contribution in [0, 0.1) is 0 Å². The van der Waals surface area contributed by atoms with Crippen molar-refractivity contribution in [3.63, 3.8) is 0 Å². The van der Waals surface area contributed by atoms with Crippen molar-refractivity contribution in [3.05, 3.63) is 42.4 Å². The van der Waals surface area contributed by atoms with Gasteiger partial charge in [-0.2, -0.15) is 4.68 Å². The molecular formula is C14H12N5O2+. The molecule has 0 unspecified atom stereocenters. The van der Waals surface area contributed by atoms with Crippen LogP contribution < -0.4 is 4.52 Å². The third kappa shape index (κ3) is 1.42. The maximum atomic E-state index is 12.0. The van der Waals surface area contributed by atoms with Crippen LogP contribution in [0.25, 0.3) is 22.2 Å². The summed E-state index contributed by atoms with van der Waals surface area (Å²) in [5, 5.41) is 0.932. The highest BCUT2D eigenvalue weighted by atomic mass is 16.5. The Morgan fingerprint density at radius 3 is 2.90 bits per heavy atom. The summed E-state index contributed by atoms with van der Waals surface area (Å²) < 4.78 is 10.5. The van der Waals surface area contributed by atoms with Crippen LogP contribution in [0.3, 0.4) is 0 Å². The average Bonchev–Trinajstić information content (AvgIpc) is 3.03. The minimum atomic E-state index is -0.368.